The van der Waals surface area contributed by atoms with E-state index in [4.69, 9.17) is 0 Å². The zero-order chi connectivity index (χ0) is 16.6. The smallest absolute Gasteiger partial charge is 0.161 e. The molecule has 23 heavy (non-hydrogen) atoms. The molecule has 2 atom stereocenters. The lowest BCUT2D eigenvalue weighted by Gasteiger charge is -2.30. The number of aryl methyl sites for hydroxylation is 1. The van der Waals surface area contributed by atoms with Crippen molar-refractivity contribution in [2.45, 2.75) is 46.0 Å². The third-order valence-electron chi connectivity index (χ3n) is 5.03. The molecule has 4 heteroatoms. The average Bonchev–Trinajstić information content (AvgIpc) is 2.85. The van der Waals surface area contributed by atoms with E-state index in [2.05, 4.69) is 55.7 Å². The van der Waals surface area contributed by atoms with Gasteiger partial charge in [-0.3, -0.25) is 9.52 Å². The van der Waals surface area contributed by atoms with Crippen LogP contribution in [0.5, 0.6) is 0 Å². The van der Waals surface area contributed by atoms with Gasteiger partial charge in [-0.1, -0.05) is 51.0 Å². The molecule has 1 N–H and O–H groups in total. The molecule has 0 radical (unpaired) electrons. The molecule has 0 aliphatic heterocycles. The van der Waals surface area contributed by atoms with Crippen molar-refractivity contribution >= 4 is 29.9 Å². The van der Waals surface area contributed by atoms with E-state index in [0.29, 0.717) is 11.3 Å². The van der Waals surface area contributed by atoms with Crippen molar-refractivity contribution < 1.29 is 4.79 Å². The van der Waals surface area contributed by atoms with Crippen molar-refractivity contribution in [3.05, 3.63) is 45.2 Å². The second-order valence-electron chi connectivity index (χ2n) is 7.46. The summed E-state index contributed by atoms with van der Waals surface area (Å²) >= 11 is 6.04. The van der Waals surface area contributed by atoms with Crippen LogP contribution in [0.25, 0.3) is 0 Å². The first-order chi connectivity index (χ1) is 10.9. The van der Waals surface area contributed by atoms with Gasteiger partial charge in [-0.05, 0) is 37.2 Å². The van der Waals surface area contributed by atoms with Gasteiger partial charge in [0.2, 0.25) is 0 Å². The van der Waals surface area contributed by atoms with E-state index < -0.39 is 0 Å². The van der Waals surface area contributed by atoms with Crippen LogP contribution in [-0.2, 0) is 12.8 Å². The van der Waals surface area contributed by atoms with Gasteiger partial charge >= 0.3 is 0 Å². The lowest BCUT2D eigenvalue weighted by molar-refractivity contribution is 0.101. The molecule has 2 aliphatic rings. The van der Waals surface area contributed by atoms with E-state index in [0.717, 1.165) is 24.9 Å². The maximum Gasteiger partial charge on any atom is 0.161 e. The molecule has 0 spiro atoms. The Labute approximate surface area is 148 Å². The molecule has 2 unspecified atom stereocenters. The summed E-state index contributed by atoms with van der Waals surface area (Å²) in [4.78, 5) is 15.1. The van der Waals surface area contributed by atoms with Crippen molar-refractivity contribution in [1.82, 2.24) is 4.72 Å². The molecule has 0 amide bonds. The monoisotopic (exact) mass is 347 g/mol. The topological polar surface area (TPSA) is 29.1 Å². The molecule has 1 aromatic rings. The highest BCUT2D eigenvalue weighted by Crippen LogP contribution is 2.46. The van der Waals surface area contributed by atoms with E-state index in [1.54, 1.807) is 6.92 Å². The quantitative estimate of drug-likeness (QED) is 0.609. The van der Waals surface area contributed by atoms with Crippen molar-refractivity contribution in [2.24, 2.45) is 11.3 Å². The maximum absolute atomic E-state index is 12.5. The van der Waals surface area contributed by atoms with Crippen LogP contribution in [0.4, 0.5) is 0 Å². The van der Waals surface area contributed by atoms with E-state index in [-0.39, 0.29) is 11.7 Å². The maximum atomic E-state index is 12.5. The standard InChI is InChI=1S/C19H25NOS2/c1-12(21)17-15-10-19(2,3)9-8-16(15)23-18(17)14-7-5-4-6-13(14)11-20-22/h4-7,13-14,20,22H,8-11H2,1-3H3. The second kappa shape index (κ2) is 6.58. The number of nitrogens with one attached hydrogen (secondary N) is 1. The van der Waals surface area contributed by atoms with Gasteiger partial charge in [0.1, 0.15) is 0 Å². The molecule has 0 bridgehead atoms. The number of thiol groups is 1. The van der Waals surface area contributed by atoms with Crippen LogP contribution in [0.2, 0.25) is 0 Å². The van der Waals surface area contributed by atoms with Gasteiger partial charge in [0.25, 0.3) is 0 Å². The van der Waals surface area contributed by atoms with Crippen molar-refractivity contribution in [3.63, 3.8) is 0 Å². The summed E-state index contributed by atoms with van der Waals surface area (Å²) < 4.78 is 2.99. The lowest BCUT2D eigenvalue weighted by Crippen LogP contribution is -2.23. The van der Waals surface area contributed by atoms with Crippen LogP contribution in [0.15, 0.2) is 24.3 Å². The Balaban J connectivity index is 2.06. The van der Waals surface area contributed by atoms with Crippen LogP contribution >= 0.6 is 24.2 Å². The molecule has 1 heterocycles. The molecule has 1 aromatic heterocycles. The minimum Gasteiger partial charge on any atom is -0.294 e. The molecular formula is C19H25NOS2. The molecule has 2 nitrogen and oxygen atoms in total. The normalized spacial score (nSPS) is 25.4. The van der Waals surface area contributed by atoms with Gasteiger partial charge < -0.3 is 0 Å². The molecule has 124 valence electrons. The molecule has 0 saturated carbocycles. The Hall–Kier alpha value is -0.840. The first kappa shape index (κ1) is 17.0. The summed E-state index contributed by atoms with van der Waals surface area (Å²) in [6.45, 7) is 7.16. The largest absolute Gasteiger partial charge is 0.294 e. The fourth-order valence-corrected chi connectivity index (χ4v) is 5.53. The van der Waals surface area contributed by atoms with Gasteiger partial charge in [-0.2, -0.15) is 0 Å². The van der Waals surface area contributed by atoms with Gasteiger partial charge in [0.15, 0.2) is 5.78 Å². The second-order valence-corrected chi connectivity index (χ2v) is 8.91. The fourth-order valence-electron chi connectivity index (χ4n) is 3.80. The van der Waals surface area contributed by atoms with Crippen molar-refractivity contribution in [2.75, 3.05) is 6.54 Å². The Morgan fingerprint density at radius 1 is 1.39 bits per heavy atom. The number of fused-ring (bicyclic) bond motifs is 1. The molecule has 0 fully saturated rings. The lowest BCUT2D eigenvalue weighted by atomic mass is 9.74. The summed E-state index contributed by atoms with van der Waals surface area (Å²) in [5, 5.41) is 0. The summed E-state index contributed by atoms with van der Waals surface area (Å²) in [6, 6.07) is 0. The molecular weight excluding hydrogens is 322 g/mol. The Bertz CT molecular complexity index is 669. The summed E-state index contributed by atoms with van der Waals surface area (Å²) in [6.07, 6.45) is 12.0. The summed E-state index contributed by atoms with van der Waals surface area (Å²) in [5.74, 6) is 0.844. The van der Waals surface area contributed by atoms with Crippen LogP contribution < -0.4 is 4.72 Å². The van der Waals surface area contributed by atoms with Gasteiger partial charge in [0, 0.05) is 33.7 Å². The molecule has 0 saturated heterocycles. The molecule has 0 aromatic carbocycles. The number of hydrogen-bond acceptors (Lipinski definition) is 4. The van der Waals surface area contributed by atoms with Gasteiger partial charge in [0.05, 0.1) is 0 Å². The van der Waals surface area contributed by atoms with E-state index in [9.17, 15) is 4.79 Å². The van der Waals surface area contributed by atoms with E-state index >= 15 is 0 Å². The third kappa shape index (κ3) is 3.35. The predicted octanol–water partition coefficient (Wildman–Crippen LogP) is 4.73. The Morgan fingerprint density at radius 2 is 2.13 bits per heavy atom. The number of Topliss-reactive ketones (excluding diaryl/α,β-unsaturated/α-hetero) is 1. The number of hydrogen-bond donors (Lipinski definition) is 2. The highest BCUT2D eigenvalue weighted by molar-refractivity contribution is 7.78. The number of carbonyl (C=O) groups excluding carboxylic acids is 1. The van der Waals surface area contributed by atoms with E-state index in [1.807, 2.05) is 11.3 Å². The predicted molar refractivity (Wildman–Crippen MR) is 102 cm³/mol. The molecule has 3 rings (SSSR count). The van der Waals surface area contributed by atoms with Crippen LogP contribution in [0.3, 0.4) is 0 Å². The zero-order valence-electron chi connectivity index (χ0n) is 14.1. The van der Waals surface area contributed by atoms with Crippen molar-refractivity contribution in [1.29, 1.82) is 0 Å². The van der Waals surface area contributed by atoms with Crippen LogP contribution in [-0.4, -0.2) is 12.3 Å². The first-order valence-electron chi connectivity index (χ1n) is 8.30. The Morgan fingerprint density at radius 3 is 2.83 bits per heavy atom. The SMILES string of the molecule is CC(=O)c1c(C2C=CC=CC2CNS)sc2c1CC(C)(C)CC2. The molecule has 2 aliphatic carbocycles. The van der Waals surface area contributed by atoms with Crippen molar-refractivity contribution in [3.8, 4) is 0 Å². The first-order valence-corrected chi connectivity index (χ1v) is 9.56. The van der Waals surface area contributed by atoms with E-state index in [1.165, 1.54) is 21.7 Å². The number of thiophene rings is 1. The average molecular weight is 348 g/mol. The highest BCUT2D eigenvalue weighted by Gasteiger charge is 2.34. The minimum atomic E-state index is 0.218. The van der Waals surface area contributed by atoms with Crippen LogP contribution in [0.1, 0.15) is 58.8 Å². The minimum absolute atomic E-state index is 0.218. The summed E-state index contributed by atoms with van der Waals surface area (Å²) in [7, 11) is 0. The highest BCUT2D eigenvalue weighted by atomic mass is 32.1. The number of ketones is 1. The van der Waals surface area contributed by atoms with Gasteiger partial charge in [-0.25, -0.2) is 0 Å². The Kier molecular flexibility index (Phi) is 4.86. The van der Waals surface area contributed by atoms with Crippen LogP contribution in [0, 0.1) is 11.3 Å². The number of allylic oxidation sites excluding steroid dienone is 3. The third-order valence-corrected chi connectivity index (χ3v) is 6.61. The zero-order valence-corrected chi connectivity index (χ0v) is 15.8. The number of carbonyl (C=O) groups is 1. The van der Waals surface area contributed by atoms with Gasteiger partial charge in [-0.15, -0.1) is 11.3 Å². The fraction of sp³-hybridized carbons (Fsp3) is 0.526. The number of rotatable bonds is 4. The summed E-state index contributed by atoms with van der Waals surface area (Å²) in [5.41, 5.74) is 2.63.